The Morgan fingerprint density at radius 1 is 1.24 bits per heavy atom. The molecule has 3 heterocycles. The Morgan fingerprint density at radius 2 is 1.96 bits per heavy atom. The van der Waals surface area contributed by atoms with Gasteiger partial charge in [0.15, 0.2) is 0 Å². The van der Waals surface area contributed by atoms with E-state index in [1.54, 1.807) is 13.4 Å². The van der Waals surface area contributed by atoms with Crippen LogP contribution in [0, 0.1) is 0 Å². The Balaban J connectivity index is 1.51. The van der Waals surface area contributed by atoms with Gasteiger partial charge in [0.25, 0.3) is 0 Å². The van der Waals surface area contributed by atoms with Crippen molar-refractivity contribution >= 4 is 11.6 Å². The molecule has 0 atom stereocenters. The molecule has 7 heteroatoms. The highest BCUT2D eigenvalue weighted by atomic mass is 16.5. The number of methoxy groups -OCH3 is 1. The lowest BCUT2D eigenvalue weighted by Gasteiger charge is -2.36. The van der Waals surface area contributed by atoms with Crippen molar-refractivity contribution in [2.75, 3.05) is 56.7 Å². The summed E-state index contributed by atoms with van der Waals surface area (Å²) in [5.74, 6) is 1.85. The fourth-order valence-corrected chi connectivity index (χ4v) is 3.55. The number of piperidine rings is 2. The van der Waals surface area contributed by atoms with Gasteiger partial charge in [-0.25, -0.2) is 9.97 Å². The first-order chi connectivity index (χ1) is 12.1. The van der Waals surface area contributed by atoms with Gasteiger partial charge in [-0.2, -0.15) is 0 Å². The molecule has 3 rings (SSSR count). The zero-order chi connectivity index (χ0) is 17.7. The Hall–Kier alpha value is -1.44. The molecule has 2 aliphatic rings. The smallest absolute Gasteiger partial charge is 0.134 e. The van der Waals surface area contributed by atoms with Crippen LogP contribution in [0.15, 0.2) is 12.4 Å². The van der Waals surface area contributed by atoms with E-state index in [1.807, 2.05) is 13.0 Å². The molecule has 0 saturated carbocycles. The molecule has 0 aliphatic carbocycles. The number of anilines is 2. The Labute approximate surface area is 150 Å². The van der Waals surface area contributed by atoms with E-state index in [0.29, 0.717) is 6.04 Å². The van der Waals surface area contributed by atoms with E-state index in [9.17, 15) is 5.11 Å². The van der Waals surface area contributed by atoms with Gasteiger partial charge in [-0.05, 0) is 32.6 Å². The summed E-state index contributed by atoms with van der Waals surface area (Å²) in [5, 5.41) is 13.7. The summed E-state index contributed by atoms with van der Waals surface area (Å²) in [6.07, 6.45) is 5.43. The summed E-state index contributed by atoms with van der Waals surface area (Å²) in [4.78, 5) is 13.5. The van der Waals surface area contributed by atoms with E-state index < -0.39 is 5.60 Å². The number of aromatic nitrogens is 2. The van der Waals surface area contributed by atoms with Crippen LogP contribution in [-0.4, -0.2) is 78.1 Å². The number of hydrogen-bond acceptors (Lipinski definition) is 7. The summed E-state index contributed by atoms with van der Waals surface area (Å²) in [6, 6.07) is 2.50. The molecule has 2 saturated heterocycles. The molecule has 0 spiro atoms. The number of nitrogens with one attached hydrogen (secondary N) is 1. The third-order valence-electron chi connectivity index (χ3n) is 5.37. The van der Waals surface area contributed by atoms with Crippen molar-refractivity contribution in [3.63, 3.8) is 0 Å². The first-order valence-electron chi connectivity index (χ1n) is 9.33. The molecule has 0 radical (unpaired) electrons. The molecule has 2 N–H and O–H groups in total. The number of hydrogen-bond donors (Lipinski definition) is 2. The highest BCUT2D eigenvalue weighted by Crippen LogP contribution is 2.25. The third-order valence-corrected chi connectivity index (χ3v) is 5.37. The second-order valence-corrected chi connectivity index (χ2v) is 7.50. The molecule has 0 unspecified atom stereocenters. The Morgan fingerprint density at radius 3 is 2.64 bits per heavy atom. The summed E-state index contributed by atoms with van der Waals surface area (Å²) in [7, 11) is 1.75. The maximum absolute atomic E-state index is 10.1. The standard InChI is InChI=1S/C18H31N5O2/c1-18(24)5-9-23(10-6-18)17-13-16(19-14-20-17)21-15-3-7-22(8-4-15)11-12-25-2/h13-15,24H,3-12H2,1-2H3,(H,19,20,21). The first kappa shape index (κ1) is 18.4. The lowest BCUT2D eigenvalue weighted by molar-refractivity contribution is 0.0350. The Kier molecular flexibility index (Phi) is 6.09. The van der Waals surface area contributed by atoms with Crippen molar-refractivity contribution in [2.24, 2.45) is 0 Å². The molecule has 0 bridgehead atoms. The highest BCUT2D eigenvalue weighted by Gasteiger charge is 2.28. The van der Waals surface area contributed by atoms with Crippen LogP contribution in [0.2, 0.25) is 0 Å². The summed E-state index contributed by atoms with van der Waals surface area (Å²) < 4.78 is 5.16. The maximum atomic E-state index is 10.1. The van der Waals surface area contributed by atoms with Crippen LogP contribution >= 0.6 is 0 Å². The van der Waals surface area contributed by atoms with Gasteiger partial charge in [-0.15, -0.1) is 0 Å². The third kappa shape index (κ3) is 5.26. The number of ether oxygens (including phenoxy) is 1. The molecule has 2 fully saturated rings. The molecule has 7 nitrogen and oxygen atoms in total. The average molecular weight is 349 g/mol. The molecule has 2 aliphatic heterocycles. The average Bonchev–Trinajstić information content (AvgIpc) is 2.61. The fraction of sp³-hybridized carbons (Fsp3) is 0.778. The van der Waals surface area contributed by atoms with E-state index in [1.165, 1.54) is 0 Å². The van der Waals surface area contributed by atoms with Crippen molar-refractivity contribution in [1.82, 2.24) is 14.9 Å². The molecule has 25 heavy (non-hydrogen) atoms. The van der Waals surface area contributed by atoms with Gasteiger partial charge in [0.05, 0.1) is 12.2 Å². The lowest BCUT2D eigenvalue weighted by atomic mass is 9.94. The van der Waals surface area contributed by atoms with Crippen LogP contribution in [0.3, 0.4) is 0 Å². The second kappa shape index (κ2) is 8.29. The van der Waals surface area contributed by atoms with Crippen LogP contribution in [0.5, 0.6) is 0 Å². The minimum absolute atomic E-state index is 0.462. The van der Waals surface area contributed by atoms with E-state index in [2.05, 4.69) is 25.1 Å². The summed E-state index contributed by atoms with van der Waals surface area (Å²) >= 11 is 0. The normalized spacial score (nSPS) is 22.1. The van der Waals surface area contributed by atoms with E-state index in [0.717, 1.165) is 76.6 Å². The molecule has 0 amide bonds. The minimum Gasteiger partial charge on any atom is -0.390 e. The first-order valence-corrected chi connectivity index (χ1v) is 9.33. The van der Waals surface area contributed by atoms with E-state index >= 15 is 0 Å². The van der Waals surface area contributed by atoms with Crippen LogP contribution in [0.1, 0.15) is 32.6 Å². The van der Waals surface area contributed by atoms with Gasteiger partial charge in [-0.3, -0.25) is 0 Å². The predicted octanol–water partition coefficient (Wildman–Crippen LogP) is 1.35. The van der Waals surface area contributed by atoms with Gasteiger partial charge in [0, 0.05) is 51.9 Å². The zero-order valence-corrected chi connectivity index (χ0v) is 15.4. The topological polar surface area (TPSA) is 73.8 Å². The predicted molar refractivity (Wildman–Crippen MR) is 99.1 cm³/mol. The van der Waals surface area contributed by atoms with E-state index in [4.69, 9.17) is 4.74 Å². The SMILES string of the molecule is COCCN1CCC(Nc2cc(N3CCC(C)(O)CC3)ncn2)CC1. The van der Waals surface area contributed by atoms with Gasteiger partial charge in [0.1, 0.15) is 18.0 Å². The molecule has 140 valence electrons. The number of aliphatic hydroxyl groups is 1. The molecular weight excluding hydrogens is 318 g/mol. The monoisotopic (exact) mass is 349 g/mol. The second-order valence-electron chi connectivity index (χ2n) is 7.50. The van der Waals surface area contributed by atoms with Crippen molar-refractivity contribution in [3.8, 4) is 0 Å². The maximum Gasteiger partial charge on any atom is 0.134 e. The van der Waals surface area contributed by atoms with Crippen LogP contribution in [0.25, 0.3) is 0 Å². The molecule has 1 aromatic heterocycles. The van der Waals surface area contributed by atoms with Gasteiger partial charge >= 0.3 is 0 Å². The zero-order valence-electron chi connectivity index (χ0n) is 15.4. The van der Waals surface area contributed by atoms with Crippen molar-refractivity contribution in [1.29, 1.82) is 0 Å². The number of nitrogens with zero attached hydrogens (tertiary/aromatic N) is 4. The van der Waals surface area contributed by atoms with Gasteiger partial charge in [0.2, 0.25) is 0 Å². The van der Waals surface area contributed by atoms with Gasteiger partial charge in [-0.1, -0.05) is 0 Å². The van der Waals surface area contributed by atoms with Crippen molar-refractivity contribution in [3.05, 3.63) is 12.4 Å². The largest absolute Gasteiger partial charge is 0.390 e. The Bertz CT molecular complexity index is 536. The van der Waals surface area contributed by atoms with Crippen LogP contribution in [-0.2, 0) is 4.74 Å². The summed E-state index contributed by atoms with van der Waals surface area (Å²) in [6.45, 7) is 7.59. The molecule has 1 aromatic rings. The quantitative estimate of drug-likeness (QED) is 0.803. The number of likely N-dealkylation sites (tertiary alicyclic amines) is 1. The van der Waals surface area contributed by atoms with Crippen molar-refractivity contribution in [2.45, 2.75) is 44.2 Å². The van der Waals surface area contributed by atoms with E-state index in [-0.39, 0.29) is 0 Å². The van der Waals surface area contributed by atoms with Crippen LogP contribution < -0.4 is 10.2 Å². The number of rotatable bonds is 6. The van der Waals surface area contributed by atoms with Gasteiger partial charge < -0.3 is 25.0 Å². The van der Waals surface area contributed by atoms with Crippen molar-refractivity contribution < 1.29 is 9.84 Å². The lowest BCUT2D eigenvalue weighted by Crippen LogP contribution is -2.43. The fourth-order valence-electron chi connectivity index (χ4n) is 3.55. The minimum atomic E-state index is -0.540. The summed E-state index contributed by atoms with van der Waals surface area (Å²) in [5.41, 5.74) is -0.540. The molecule has 0 aromatic carbocycles. The van der Waals surface area contributed by atoms with Crippen LogP contribution in [0.4, 0.5) is 11.6 Å². The molecular formula is C18H31N5O2. The highest BCUT2D eigenvalue weighted by molar-refractivity contribution is 5.49.